The molecule has 1 aliphatic rings. The van der Waals surface area contributed by atoms with Gasteiger partial charge in [0.1, 0.15) is 5.69 Å². The molecule has 0 atom stereocenters. The van der Waals surface area contributed by atoms with Crippen molar-refractivity contribution in [1.29, 1.82) is 0 Å². The number of aromatic carboxylic acids is 1. The maximum atomic E-state index is 11.3. The molecule has 1 aromatic heterocycles. The van der Waals surface area contributed by atoms with Crippen LogP contribution >= 0.6 is 15.9 Å². The van der Waals surface area contributed by atoms with E-state index in [-0.39, 0.29) is 0 Å². The fourth-order valence-corrected chi connectivity index (χ4v) is 2.88. The van der Waals surface area contributed by atoms with E-state index in [0.29, 0.717) is 11.7 Å². The molecular formula is C15H14BrNO2. The van der Waals surface area contributed by atoms with Crippen LogP contribution in [0.5, 0.6) is 0 Å². The van der Waals surface area contributed by atoms with Crippen molar-refractivity contribution in [1.82, 2.24) is 4.57 Å². The third-order valence-electron chi connectivity index (χ3n) is 3.52. The first-order chi connectivity index (χ1) is 9.09. The van der Waals surface area contributed by atoms with Gasteiger partial charge in [-0.1, -0.05) is 18.2 Å². The van der Waals surface area contributed by atoms with Gasteiger partial charge in [-0.2, -0.15) is 0 Å². The Morgan fingerprint density at radius 3 is 2.68 bits per heavy atom. The summed E-state index contributed by atoms with van der Waals surface area (Å²) in [5.74, 6) is -0.859. The van der Waals surface area contributed by atoms with E-state index in [1.165, 1.54) is 0 Å². The molecule has 3 rings (SSSR count). The third kappa shape index (κ3) is 2.10. The Labute approximate surface area is 120 Å². The first kappa shape index (κ1) is 12.5. The summed E-state index contributed by atoms with van der Waals surface area (Å²) in [7, 11) is 0. The Balaban J connectivity index is 2.20. The smallest absolute Gasteiger partial charge is 0.352 e. The van der Waals surface area contributed by atoms with Gasteiger partial charge >= 0.3 is 5.97 Å². The average molecular weight is 320 g/mol. The van der Waals surface area contributed by atoms with Gasteiger partial charge in [-0.15, -0.1) is 0 Å². The lowest BCUT2D eigenvalue weighted by atomic mass is 10.1. The minimum absolute atomic E-state index is 0.337. The lowest BCUT2D eigenvalue weighted by Gasteiger charge is -2.13. The third-order valence-corrected chi connectivity index (χ3v) is 4.57. The summed E-state index contributed by atoms with van der Waals surface area (Å²) in [4.78, 5) is 11.3. The molecule has 0 bridgehead atoms. The summed E-state index contributed by atoms with van der Waals surface area (Å²) in [6, 6.07) is 10.0. The van der Waals surface area contributed by atoms with Crippen LogP contribution in [0.3, 0.4) is 0 Å². The zero-order valence-corrected chi connectivity index (χ0v) is 12.1. The van der Waals surface area contributed by atoms with Crippen LogP contribution in [0.15, 0.2) is 34.8 Å². The van der Waals surface area contributed by atoms with Gasteiger partial charge in [-0.3, -0.25) is 0 Å². The molecule has 0 unspecified atom stereocenters. The van der Waals surface area contributed by atoms with Gasteiger partial charge in [0, 0.05) is 16.1 Å². The summed E-state index contributed by atoms with van der Waals surface area (Å²) in [5, 5.41) is 9.29. The van der Waals surface area contributed by atoms with Crippen molar-refractivity contribution in [3.8, 4) is 11.3 Å². The maximum Gasteiger partial charge on any atom is 0.352 e. The molecule has 2 aromatic rings. The zero-order chi connectivity index (χ0) is 13.6. The number of aryl methyl sites for hydroxylation is 1. The van der Waals surface area contributed by atoms with E-state index in [2.05, 4.69) is 15.9 Å². The molecule has 4 heteroatoms. The van der Waals surface area contributed by atoms with Crippen molar-refractivity contribution in [2.45, 2.75) is 25.8 Å². The molecule has 0 amide bonds. The predicted octanol–water partition coefficient (Wildman–Crippen LogP) is 4.26. The largest absolute Gasteiger partial charge is 0.477 e. The number of halogens is 1. The van der Waals surface area contributed by atoms with Crippen LogP contribution in [-0.4, -0.2) is 15.6 Å². The second-order valence-electron chi connectivity index (χ2n) is 4.95. The highest BCUT2D eigenvalue weighted by Crippen LogP contribution is 2.42. The monoisotopic (exact) mass is 319 g/mol. The number of carboxylic acids is 1. The van der Waals surface area contributed by atoms with Gasteiger partial charge in [0.2, 0.25) is 0 Å². The molecule has 0 saturated heterocycles. The van der Waals surface area contributed by atoms with Crippen LogP contribution < -0.4 is 0 Å². The second-order valence-corrected chi connectivity index (χ2v) is 5.74. The average Bonchev–Trinajstić information content (AvgIpc) is 3.11. The molecular weight excluding hydrogens is 306 g/mol. The summed E-state index contributed by atoms with van der Waals surface area (Å²) in [5.41, 5.74) is 3.57. The van der Waals surface area contributed by atoms with Gasteiger partial charge in [-0.05, 0) is 53.4 Å². The van der Waals surface area contributed by atoms with E-state index >= 15 is 0 Å². The number of rotatable bonds is 3. The van der Waals surface area contributed by atoms with E-state index < -0.39 is 5.97 Å². The number of carbonyl (C=O) groups is 1. The Hall–Kier alpha value is -1.55. The van der Waals surface area contributed by atoms with Gasteiger partial charge in [0.05, 0.1) is 5.69 Å². The molecule has 98 valence electrons. The van der Waals surface area contributed by atoms with Crippen LogP contribution in [0.4, 0.5) is 0 Å². The Kier molecular flexibility index (Phi) is 2.97. The standard InChI is InChI=1S/C15H14BrNO2/c1-9-3-2-4-11(14(9)16)12-7-8-13(15(18)19)17(12)10-5-6-10/h2-4,7-8,10H,5-6H2,1H3,(H,18,19). The molecule has 1 N–H and O–H groups in total. The Morgan fingerprint density at radius 2 is 2.05 bits per heavy atom. The lowest BCUT2D eigenvalue weighted by molar-refractivity contribution is 0.0685. The highest BCUT2D eigenvalue weighted by atomic mass is 79.9. The van der Waals surface area contributed by atoms with E-state index in [9.17, 15) is 9.90 Å². The lowest BCUT2D eigenvalue weighted by Crippen LogP contribution is -2.08. The van der Waals surface area contributed by atoms with Crippen LogP contribution in [0.2, 0.25) is 0 Å². The molecule has 1 aromatic carbocycles. The van der Waals surface area contributed by atoms with Crippen LogP contribution in [0.1, 0.15) is 34.9 Å². The summed E-state index contributed by atoms with van der Waals surface area (Å²) >= 11 is 3.61. The SMILES string of the molecule is Cc1cccc(-c2ccc(C(=O)O)n2C2CC2)c1Br. The topological polar surface area (TPSA) is 42.2 Å². The van der Waals surface area contributed by atoms with Crippen LogP contribution in [0, 0.1) is 6.92 Å². The number of carboxylic acid groups (broad SMARTS) is 1. The molecule has 19 heavy (non-hydrogen) atoms. The Bertz CT molecular complexity index is 656. The molecule has 1 heterocycles. The number of aromatic nitrogens is 1. The summed E-state index contributed by atoms with van der Waals surface area (Å²) < 4.78 is 2.99. The van der Waals surface area contributed by atoms with Gasteiger partial charge in [-0.25, -0.2) is 4.79 Å². The van der Waals surface area contributed by atoms with Crippen LogP contribution in [0.25, 0.3) is 11.3 Å². The highest BCUT2D eigenvalue weighted by molar-refractivity contribution is 9.10. The van der Waals surface area contributed by atoms with Crippen molar-refractivity contribution in [3.05, 3.63) is 46.1 Å². The normalized spacial score (nSPS) is 14.6. The fraction of sp³-hybridized carbons (Fsp3) is 0.267. The van der Waals surface area contributed by atoms with Crippen molar-refractivity contribution in [3.63, 3.8) is 0 Å². The van der Waals surface area contributed by atoms with E-state index in [4.69, 9.17) is 0 Å². The van der Waals surface area contributed by atoms with E-state index in [1.54, 1.807) is 6.07 Å². The van der Waals surface area contributed by atoms with Crippen LogP contribution in [-0.2, 0) is 0 Å². The van der Waals surface area contributed by atoms with Crippen molar-refractivity contribution < 1.29 is 9.90 Å². The minimum atomic E-state index is -0.859. The summed E-state index contributed by atoms with van der Waals surface area (Å²) in [6.45, 7) is 2.04. The molecule has 1 aliphatic carbocycles. The van der Waals surface area contributed by atoms with Crippen molar-refractivity contribution in [2.75, 3.05) is 0 Å². The zero-order valence-electron chi connectivity index (χ0n) is 10.6. The van der Waals surface area contributed by atoms with Gasteiger partial charge < -0.3 is 9.67 Å². The van der Waals surface area contributed by atoms with E-state index in [1.807, 2.05) is 35.8 Å². The fourth-order valence-electron chi connectivity index (χ4n) is 2.41. The summed E-state index contributed by atoms with van der Waals surface area (Å²) in [6.07, 6.45) is 2.12. The molecule has 1 saturated carbocycles. The van der Waals surface area contributed by atoms with Gasteiger partial charge in [0.25, 0.3) is 0 Å². The molecule has 3 nitrogen and oxygen atoms in total. The molecule has 0 radical (unpaired) electrons. The second kappa shape index (κ2) is 4.53. The number of hydrogen-bond acceptors (Lipinski definition) is 1. The first-order valence-corrected chi connectivity index (χ1v) is 7.09. The molecule has 0 aliphatic heterocycles. The molecule has 1 fully saturated rings. The van der Waals surface area contributed by atoms with Crippen molar-refractivity contribution >= 4 is 21.9 Å². The predicted molar refractivity (Wildman–Crippen MR) is 77.5 cm³/mol. The van der Waals surface area contributed by atoms with Gasteiger partial charge in [0.15, 0.2) is 0 Å². The maximum absolute atomic E-state index is 11.3. The number of benzene rings is 1. The highest BCUT2D eigenvalue weighted by Gasteiger charge is 2.30. The van der Waals surface area contributed by atoms with E-state index in [0.717, 1.165) is 34.1 Å². The minimum Gasteiger partial charge on any atom is -0.477 e. The van der Waals surface area contributed by atoms with Crippen molar-refractivity contribution in [2.24, 2.45) is 0 Å². The quantitative estimate of drug-likeness (QED) is 0.918. The first-order valence-electron chi connectivity index (χ1n) is 6.29. The number of nitrogens with zero attached hydrogens (tertiary/aromatic N) is 1. The Morgan fingerprint density at radius 1 is 1.32 bits per heavy atom. The molecule has 0 spiro atoms. The number of hydrogen-bond donors (Lipinski definition) is 1.